The molecule has 3 aromatic carbocycles. The summed E-state index contributed by atoms with van der Waals surface area (Å²) < 4.78 is 5.24. The van der Waals surface area contributed by atoms with Gasteiger partial charge in [0.05, 0.1) is 18.5 Å². The number of ether oxygens (including phenoxy) is 1. The number of anilines is 3. The molecule has 192 valence electrons. The first-order valence-electron chi connectivity index (χ1n) is 12.2. The second-order valence-electron chi connectivity index (χ2n) is 9.03. The highest BCUT2D eigenvalue weighted by molar-refractivity contribution is 7.98. The van der Waals surface area contributed by atoms with Crippen molar-refractivity contribution in [3.63, 3.8) is 0 Å². The van der Waals surface area contributed by atoms with Crippen LogP contribution in [0.25, 0.3) is 0 Å². The lowest BCUT2D eigenvalue weighted by atomic mass is 10.1. The standard InChI is InChI=1S/C28H29ClN4O3S/c1-36-22-9-7-21(8-10-22)32-12-14-33(15-13-32)28(35)19-6-11-24-25(16-19)31-27(34)26(30-24)18-37-17-20-4-2-3-5-23(20)29/h2-11,16,26,30H,12-15,17-18H2,1H3,(H,31,34)/t26-/m1/s1. The van der Waals surface area contributed by atoms with E-state index in [4.69, 9.17) is 16.3 Å². The Balaban J connectivity index is 1.16. The average Bonchev–Trinajstić information content (AvgIpc) is 2.94. The van der Waals surface area contributed by atoms with Crippen LogP contribution in [0.2, 0.25) is 5.02 Å². The summed E-state index contributed by atoms with van der Waals surface area (Å²) in [6.07, 6.45) is 0. The molecule has 2 heterocycles. The van der Waals surface area contributed by atoms with Crippen LogP contribution in [0.15, 0.2) is 66.7 Å². The summed E-state index contributed by atoms with van der Waals surface area (Å²) in [5.41, 5.74) is 4.21. The van der Waals surface area contributed by atoms with Crippen molar-refractivity contribution in [2.24, 2.45) is 0 Å². The number of halogens is 1. The van der Waals surface area contributed by atoms with E-state index in [1.807, 2.05) is 65.6 Å². The van der Waals surface area contributed by atoms with Gasteiger partial charge in [-0.2, -0.15) is 11.8 Å². The van der Waals surface area contributed by atoms with Gasteiger partial charge in [-0.3, -0.25) is 9.59 Å². The van der Waals surface area contributed by atoms with Gasteiger partial charge in [0.1, 0.15) is 11.8 Å². The van der Waals surface area contributed by atoms with E-state index in [9.17, 15) is 9.59 Å². The van der Waals surface area contributed by atoms with Crippen LogP contribution in [0.1, 0.15) is 15.9 Å². The van der Waals surface area contributed by atoms with Gasteiger partial charge in [-0.25, -0.2) is 0 Å². The average molecular weight is 537 g/mol. The quantitative estimate of drug-likeness (QED) is 0.444. The number of benzene rings is 3. The second kappa shape index (κ2) is 11.4. The molecule has 0 radical (unpaired) electrons. The number of nitrogens with zero attached hydrogens (tertiary/aromatic N) is 2. The molecular formula is C28H29ClN4O3S. The number of hydrogen-bond donors (Lipinski definition) is 2. The van der Waals surface area contributed by atoms with Crippen LogP contribution >= 0.6 is 23.4 Å². The first kappa shape index (κ1) is 25.3. The molecule has 0 unspecified atom stereocenters. The van der Waals surface area contributed by atoms with Gasteiger partial charge in [0.2, 0.25) is 5.91 Å². The number of carbonyl (C=O) groups excluding carboxylic acids is 2. The molecular weight excluding hydrogens is 508 g/mol. The van der Waals surface area contributed by atoms with Crippen molar-refractivity contribution in [2.75, 3.05) is 54.6 Å². The van der Waals surface area contributed by atoms with Gasteiger partial charge in [0, 0.05) is 54.0 Å². The molecule has 0 aliphatic carbocycles. The minimum Gasteiger partial charge on any atom is -0.497 e. The summed E-state index contributed by atoms with van der Waals surface area (Å²) in [5, 5.41) is 7.03. The topological polar surface area (TPSA) is 73.9 Å². The van der Waals surface area contributed by atoms with E-state index in [0.29, 0.717) is 30.1 Å². The van der Waals surface area contributed by atoms with E-state index < -0.39 is 0 Å². The highest BCUT2D eigenvalue weighted by Crippen LogP contribution is 2.30. The van der Waals surface area contributed by atoms with Crippen molar-refractivity contribution in [3.8, 4) is 5.75 Å². The first-order valence-corrected chi connectivity index (χ1v) is 13.8. The Labute approximate surface area is 226 Å². The lowest BCUT2D eigenvalue weighted by Gasteiger charge is -2.36. The van der Waals surface area contributed by atoms with Crippen LogP contribution in [0, 0.1) is 0 Å². The minimum absolute atomic E-state index is 0.0242. The van der Waals surface area contributed by atoms with Gasteiger partial charge >= 0.3 is 0 Å². The molecule has 2 aliphatic rings. The summed E-state index contributed by atoms with van der Waals surface area (Å²) in [6.45, 7) is 2.79. The molecule has 37 heavy (non-hydrogen) atoms. The van der Waals surface area contributed by atoms with Gasteiger partial charge in [0.15, 0.2) is 0 Å². The molecule has 1 atom stereocenters. The van der Waals surface area contributed by atoms with Crippen LogP contribution in [0.3, 0.4) is 0 Å². The number of methoxy groups -OCH3 is 1. The number of rotatable bonds is 7. The fourth-order valence-corrected chi connectivity index (χ4v) is 5.88. The van der Waals surface area contributed by atoms with Crippen molar-refractivity contribution in [1.29, 1.82) is 0 Å². The molecule has 7 nitrogen and oxygen atoms in total. The van der Waals surface area contributed by atoms with Gasteiger partial charge in [0.25, 0.3) is 5.91 Å². The Hall–Kier alpha value is -3.36. The Kier molecular flexibility index (Phi) is 7.76. The molecule has 2 amide bonds. The molecule has 0 saturated carbocycles. The highest BCUT2D eigenvalue weighted by atomic mass is 35.5. The summed E-state index contributed by atoms with van der Waals surface area (Å²) in [6, 6.07) is 20.8. The molecule has 5 rings (SSSR count). The van der Waals surface area contributed by atoms with E-state index in [0.717, 1.165) is 46.6 Å². The highest BCUT2D eigenvalue weighted by Gasteiger charge is 2.28. The number of hydrogen-bond acceptors (Lipinski definition) is 6. The largest absolute Gasteiger partial charge is 0.497 e. The molecule has 0 bridgehead atoms. The Morgan fingerprint density at radius 1 is 1.03 bits per heavy atom. The van der Waals surface area contributed by atoms with Crippen LogP contribution in [-0.4, -0.2) is 61.8 Å². The Morgan fingerprint density at radius 3 is 2.51 bits per heavy atom. The van der Waals surface area contributed by atoms with Crippen molar-refractivity contribution in [1.82, 2.24) is 4.90 Å². The summed E-state index contributed by atoms with van der Waals surface area (Å²) in [7, 11) is 1.66. The fraction of sp³-hybridized carbons (Fsp3) is 0.286. The second-order valence-corrected chi connectivity index (χ2v) is 10.5. The molecule has 0 aromatic heterocycles. The van der Waals surface area contributed by atoms with Crippen LogP contribution in [0.4, 0.5) is 17.1 Å². The van der Waals surface area contributed by atoms with Crippen LogP contribution < -0.4 is 20.3 Å². The van der Waals surface area contributed by atoms with Crippen molar-refractivity contribution < 1.29 is 14.3 Å². The third kappa shape index (κ3) is 5.81. The normalized spacial score (nSPS) is 17.0. The van der Waals surface area contributed by atoms with E-state index >= 15 is 0 Å². The number of nitrogens with one attached hydrogen (secondary N) is 2. The molecule has 2 aliphatic heterocycles. The van der Waals surface area contributed by atoms with Crippen LogP contribution in [-0.2, 0) is 10.5 Å². The van der Waals surface area contributed by atoms with Crippen LogP contribution in [0.5, 0.6) is 5.75 Å². The number of thioether (sulfide) groups is 1. The smallest absolute Gasteiger partial charge is 0.254 e. The maximum Gasteiger partial charge on any atom is 0.254 e. The maximum absolute atomic E-state index is 13.2. The van der Waals surface area contributed by atoms with Crippen molar-refractivity contribution >= 4 is 52.2 Å². The number of amides is 2. The minimum atomic E-state index is -0.354. The molecule has 3 aromatic rings. The zero-order chi connectivity index (χ0) is 25.8. The number of piperazine rings is 1. The molecule has 1 saturated heterocycles. The first-order chi connectivity index (χ1) is 18.0. The molecule has 1 fully saturated rings. The van der Waals surface area contributed by atoms with E-state index in [1.165, 1.54) is 0 Å². The van der Waals surface area contributed by atoms with Crippen molar-refractivity contribution in [3.05, 3.63) is 82.9 Å². The van der Waals surface area contributed by atoms with Crippen molar-refractivity contribution in [2.45, 2.75) is 11.8 Å². The Bertz CT molecular complexity index is 1280. The molecule has 2 N–H and O–H groups in total. The summed E-state index contributed by atoms with van der Waals surface area (Å²) >= 11 is 7.89. The predicted octanol–water partition coefficient (Wildman–Crippen LogP) is 4.98. The monoisotopic (exact) mass is 536 g/mol. The molecule has 9 heteroatoms. The third-order valence-electron chi connectivity index (χ3n) is 6.67. The van der Waals surface area contributed by atoms with E-state index in [-0.39, 0.29) is 17.9 Å². The lowest BCUT2D eigenvalue weighted by molar-refractivity contribution is -0.116. The van der Waals surface area contributed by atoms with Gasteiger partial charge in [-0.05, 0) is 54.1 Å². The zero-order valence-corrected chi connectivity index (χ0v) is 22.1. The summed E-state index contributed by atoms with van der Waals surface area (Å²) in [5.74, 6) is 2.04. The van der Waals surface area contributed by atoms with Gasteiger partial charge in [-0.1, -0.05) is 29.8 Å². The fourth-order valence-electron chi connectivity index (χ4n) is 4.54. The molecule has 0 spiro atoms. The third-order valence-corrected chi connectivity index (χ3v) is 8.13. The zero-order valence-electron chi connectivity index (χ0n) is 20.6. The maximum atomic E-state index is 13.2. The summed E-state index contributed by atoms with van der Waals surface area (Å²) in [4.78, 5) is 30.1. The predicted molar refractivity (Wildman–Crippen MR) is 151 cm³/mol. The van der Waals surface area contributed by atoms with Gasteiger partial charge < -0.3 is 25.2 Å². The SMILES string of the molecule is COc1ccc(N2CCN(C(=O)c3ccc4c(c3)NC(=O)[C@@H](CSCc3ccccc3Cl)N4)CC2)cc1. The van der Waals surface area contributed by atoms with E-state index in [2.05, 4.69) is 15.5 Å². The lowest BCUT2D eigenvalue weighted by Crippen LogP contribution is -2.48. The van der Waals surface area contributed by atoms with E-state index in [1.54, 1.807) is 24.9 Å². The Morgan fingerprint density at radius 2 is 1.78 bits per heavy atom. The van der Waals surface area contributed by atoms with Gasteiger partial charge in [-0.15, -0.1) is 0 Å². The number of carbonyl (C=O) groups is 2. The number of fused-ring (bicyclic) bond motifs is 1.